The third kappa shape index (κ3) is 2.98. The molecule has 8 aromatic rings. The van der Waals surface area contributed by atoms with Crippen molar-refractivity contribution in [1.82, 2.24) is 4.57 Å². The quantitative estimate of drug-likeness (QED) is 0.222. The van der Waals surface area contributed by atoms with Crippen LogP contribution in [0.25, 0.3) is 70.9 Å². The average Bonchev–Trinajstić information content (AvgIpc) is 3.32. The molecule has 0 saturated heterocycles. The largest absolute Gasteiger partial charge is 0.309 e. The Labute approximate surface area is 214 Å². The maximum atomic E-state index is 2.39. The highest BCUT2D eigenvalue weighted by molar-refractivity contribution is 6.25. The average molecular weight is 470 g/mol. The van der Waals surface area contributed by atoms with E-state index in [0.717, 1.165) is 0 Å². The van der Waals surface area contributed by atoms with Crippen molar-refractivity contribution in [2.45, 2.75) is 0 Å². The van der Waals surface area contributed by atoms with Crippen molar-refractivity contribution in [3.8, 4) is 16.8 Å². The molecule has 0 spiro atoms. The van der Waals surface area contributed by atoms with Crippen molar-refractivity contribution >= 4 is 54.1 Å². The third-order valence-corrected chi connectivity index (χ3v) is 7.76. The summed E-state index contributed by atoms with van der Waals surface area (Å²) in [6.07, 6.45) is 0. The predicted molar refractivity (Wildman–Crippen MR) is 159 cm³/mol. The van der Waals surface area contributed by atoms with Crippen molar-refractivity contribution in [3.05, 3.63) is 140 Å². The molecule has 0 radical (unpaired) electrons. The minimum atomic E-state index is 1.18. The fourth-order valence-corrected chi connectivity index (χ4v) is 6.11. The lowest BCUT2D eigenvalue weighted by Gasteiger charge is -2.13. The van der Waals surface area contributed by atoms with E-state index in [4.69, 9.17) is 0 Å². The van der Waals surface area contributed by atoms with Crippen LogP contribution in [0.2, 0.25) is 0 Å². The van der Waals surface area contributed by atoms with Gasteiger partial charge in [-0.05, 0) is 73.8 Å². The van der Waals surface area contributed by atoms with Crippen LogP contribution in [0.1, 0.15) is 0 Å². The van der Waals surface area contributed by atoms with Gasteiger partial charge in [-0.3, -0.25) is 0 Å². The molecule has 0 amide bonds. The third-order valence-electron chi connectivity index (χ3n) is 7.76. The number of fused-ring (bicyclic) bond motifs is 9. The van der Waals surface area contributed by atoms with Gasteiger partial charge in [0.1, 0.15) is 0 Å². The lowest BCUT2D eigenvalue weighted by atomic mass is 9.92. The van der Waals surface area contributed by atoms with E-state index in [2.05, 4.69) is 144 Å². The zero-order valence-electron chi connectivity index (χ0n) is 20.2. The molecule has 0 N–H and O–H groups in total. The van der Waals surface area contributed by atoms with Crippen molar-refractivity contribution in [2.24, 2.45) is 0 Å². The number of hydrogen-bond donors (Lipinski definition) is 0. The van der Waals surface area contributed by atoms with E-state index in [9.17, 15) is 0 Å². The summed E-state index contributed by atoms with van der Waals surface area (Å²) in [6.45, 7) is 0. The number of benzene rings is 7. The Hall–Kier alpha value is -4.88. The molecule has 1 heterocycles. The lowest BCUT2D eigenvalue weighted by Crippen LogP contribution is -1.94. The van der Waals surface area contributed by atoms with Crippen LogP contribution < -0.4 is 0 Å². The Bertz CT molecular complexity index is 2060. The SMILES string of the molecule is c1cc(-c2ccc3c4ccccc4c4ccccc4c3c2)cc(-n2c3ccccc3c3ccccc32)c1. The molecule has 1 heteroatoms. The zero-order valence-corrected chi connectivity index (χ0v) is 20.2. The van der Waals surface area contributed by atoms with Crippen molar-refractivity contribution in [3.63, 3.8) is 0 Å². The second-order valence-electron chi connectivity index (χ2n) is 9.77. The van der Waals surface area contributed by atoms with E-state index in [0.29, 0.717) is 0 Å². The van der Waals surface area contributed by atoms with E-state index >= 15 is 0 Å². The maximum Gasteiger partial charge on any atom is 0.0541 e. The number of hydrogen-bond acceptors (Lipinski definition) is 0. The Kier molecular flexibility index (Phi) is 4.29. The molecule has 8 rings (SSSR count). The molecule has 0 unspecified atom stereocenters. The van der Waals surface area contributed by atoms with E-state index < -0.39 is 0 Å². The molecule has 1 nitrogen and oxygen atoms in total. The van der Waals surface area contributed by atoms with Crippen molar-refractivity contribution < 1.29 is 0 Å². The number of nitrogens with zero attached hydrogens (tertiary/aromatic N) is 1. The van der Waals surface area contributed by atoms with Gasteiger partial charge in [0.15, 0.2) is 0 Å². The lowest BCUT2D eigenvalue weighted by molar-refractivity contribution is 1.18. The van der Waals surface area contributed by atoms with Crippen LogP contribution in [0.4, 0.5) is 0 Å². The first-order valence-corrected chi connectivity index (χ1v) is 12.8. The molecule has 7 aromatic carbocycles. The molecule has 1 aromatic heterocycles. The fraction of sp³-hybridized carbons (Fsp3) is 0. The first-order valence-electron chi connectivity index (χ1n) is 12.8. The molecule has 0 saturated carbocycles. The standard InChI is InChI=1S/C36H23N/c1-2-14-29-27(12-1)28-13-3-4-15-30(28)34-23-25(20-21-31(29)34)24-10-9-11-26(22-24)37-35-18-7-5-16-32(35)33-17-6-8-19-36(33)37/h1-23H. The van der Waals surface area contributed by atoms with Gasteiger partial charge in [0.25, 0.3) is 0 Å². The van der Waals surface area contributed by atoms with E-state index in [-0.39, 0.29) is 0 Å². The Morgan fingerprint density at radius 3 is 1.35 bits per heavy atom. The highest BCUT2D eigenvalue weighted by Crippen LogP contribution is 2.38. The summed E-state index contributed by atoms with van der Waals surface area (Å²) in [5.41, 5.74) is 6.10. The van der Waals surface area contributed by atoms with Crippen LogP contribution in [-0.4, -0.2) is 4.57 Å². The zero-order chi connectivity index (χ0) is 24.3. The molecule has 0 aliphatic rings. The highest BCUT2D eigenvalue weighted by Gasteiger charge is 2.13. The number of para-hydroxylation sites is 2. The monoisotopic (exact) mass is 469 g/mol. The van der Waals surface area contributed by atoms with Crippen LogP contribution in [-0.2, 0) is 0 Å². The minimum Gasteiger partial charge on any atom is -0.309 e. The van der Waals surface area contributed by atoms with Crippen LogP contribution in [0.5, 0.6) is 0 Å². The van der Waals surface area contributed by atoms with Gasteiger partial charge >= 0.3 is 0 Å². The van der Waals surface area contributed by atoms with Crippen LogP contribution in [0, 0.1) is 0 Å². The smallest absolute Gasteiger partial charge is 0.0541 e. The van der Waals surface area contributed by atoms with Crippen molar-refractivity contribution in [2.75, 3.05) is 0 Å². The first-order chi connectivity index (χ1) is 18.4. The van der Waals surface area contributed by atoms with Crippen molar-refractivity contribution in [1.29, 1.82) is 0 Å². The van der Waals surface area contributed by atoms with Gasteiger partial charge in [-0.15, -0.1) is 0 Å². The summed E-state index contributed by atoms with van der Waals surface area (Å²) in [5, 5.41) is 10.4. The summed E-state index contributed by atoms with van der Waals surface area (Å²) >= 11 is 0. The summed E-state index contributed by atoms with van der Waals surface area (Å²) < 4.78 is 2.39. The van der Waals surface area contributed by atoms with Gasteiger partial charge in [0, 0.05) is 16.5 Å². The molecule has 0 bridgehead atoms. The molecule has 0 aliphatic heterocycles. The van der Waals surface area contributed by atoms with E-state index in [1.807, 2.05) is 0 Å². The summed E-state index contributed by atoms with van der Waals surface area (Å²) in [4.78, 5) is 0. The fourth-order valence-electron chi connectivity index (χ4n) is 6.11. The van der Waals surface area contributed by atoms with Gasteiger partial charge in [-0.25, -0.2) is 0 Å². The van der Waals surface area contributed by atoms with Gasteiger partial charge in [0.2, 0.25) is 0 Å². The Balaban J connectivity index is 1.38. The van der Waals surface area contributed by atoms with E-state index in [1.54, 1.807) is 0 Å². The van der Waals surface area contributed by atoms with Gasteiger partial charge in [-0.2, -0.15) is 0 Å². The molecule has 0 fully saturated rings. The number of aromatic nitrogens is 1. The van der Waals surface area contributed by atoms with Crippen LogP contribution >= 0.6 is 0 Å². The highest BCUT2D eigenvalue weighted by atomic mass is 15.0. The molecule has 0 aliphatic carbocycles. The summed E-state index contributed by atoms with van der Waals surface area (Å²) in [5.74, 6) is 0. The van der Waals surface area contributed by atoms with E-state index in [1.165, 1.54) is 70.9 Å². The number of rotatable bonds is 2. The summed E-state index contributed by atoms with van der Waals surface area (Å²) in [6, 6.07) is 50.8. The summed E-state index contributed by atoms with van der Waals surface area (Å²) in [7, 11) is 0. The van der Waals surface area contributed by atoms with Crippen LogP contribution in [0.3, 0.4) is 0 Å². The maximum absolute atomic E-state index is 2.39. The first kappa shape index (κ1) is 20.3. The van der Waals surface area contributed by atoms with Gasteiger partial charge < -0.3 is 4.57 Å². The molecular weight excluding hydrogens is 446 g/mol. The second-order valence-corrected chi connectivity index (χ2v) is 9.77. The Morgan fingerprint density at radius 2 is 0.757 bits per heavy atom. The molecular formula is C36H23N. The Morgan fingerprint density at radius 1 is 0.297 bits per heavy atom. The predicted octanol–water partition coefficient (Wildman–Crippen LogP) is 9.91. The molecule has 0 atom stereocenters. The normalized spacial score (nSPS) is 11.8. The van der Waals surface area contributed by atoms with Gasteiger partial charge in [0.05, 0.1) is 11.0 Å². The topological polar surface area (TPSA) is 4.93 Å². The van der Waals surface area contributed by atoms with Crippen LogP contribution in [0.15, 0.2) is 140 Å². The molecule has 172 valence electrons. The van der Waals surface area contributed by atoms with Gasteiger partial charge in [-0.1, -0.05) is 109 Å². The second kappa shape index (κ2) is 7.81. The molecule has 37 heavy (non-hydrogen) atoms. The minimum absolute atomic E-state index is 1.18.